The van der Waals surface area contributed by atoms with Crippen LogP contribution in [0.3, 0.4) is 0 Å². The fourth-order valence-corrected chi connectivity index (χ4v) is 3.19. The Balaban J connectivity index is 2.12. The Morgan fingerprint density at radius 1 is 1.11 bits per heavy atom. The van der Waals surface area contributed by atoms with E-state index in [1.54, 1.807) is 0 Å². The number of aromatic nitrogens is 2. The first-order valence-electron chi connectivity index (χ1n) is 7.26. The van der Waals surface area contributed by atoms with Gasteiger partial charge >= 0.3 is 0 Å². The molecule has 0 aromatic carbocycles. The molecule has 2 rings (SSSR count). The van der Waals surface area contributed by atoms with Crippen LogP contribution in [-0.4, -0.2) is 23.3 Å². The summed E-state index contributed by atoms with van der Waals surface area (Å²) in [5.74, 6) is 1.91. The fourth-order valence-electron chi connectivity index (χ4n) is 3.01. The summed E-state index contributed by atoms with van der Waals surface area (Å²) in [4.78, 5) is 2.30. The maximum Gasteiger partial charge on any atom is 0.155 e. The van der Waals surface area contributed by atoms with Crippen molar-refractivity contribution in [3.05, 3.63) is 16.3 Å². The number of hydrogen-bond acceptors (Lipinski definition) is 3. The average Bonchev–Trinajstić information content (AvgIpc) is 2.44. The molecule has 1 saturated carbocycles. The molecule has 0 spiro atoms. The molecule has 1 fully saturated rings. The van der Waals surface area contributed by atoms with Gasteiger partial charge in [0.2, 0.25) is 0 Å². The monoisotopic (exact) mass is 281 g/mol. The van der Waals surface area contributed by atoms with Gasteiger partial charge in [0, 0.05) is 13.1 Å². The van der Waals surface area contributed by atoms with Gasteiger partial charge in [0.1, 0.15) is 0 Å². The molecule has 1 aliphatic rings. The lowest BCUT2D eigenvalue weighted by Crippen LogP contribution is -2.36. The molecule has 0 atom stereocenters. The van der Waals surface area contributed by atoms with Gasteiger partial charge in [0.15, 0.2) is 11.0 Å². The second kappa shape index (κ2) is 6.08. The van der Waals surface area contributed by atoms with Crippen molar-refractivity contribution in [1.82, 2.24) is 10.2 Å². The molecule has 1 heterocycles. The lowest BCUT2D eigenvalue weighted by Gasteiger charge is -2.35. The van der Waals surface area contributed by atoms with Crippen molar-refractivity contribution in [1.29, 1.82) is 0 Å². The van der Waals surface area contributed by atoms with Crippen LogP contribution in [-0.2, 0) is 0 Å². The van der Waals surface area contributed by atoms with Crippen LogP contribution in [0.1, 0.15) is 50.2 Å². The van der Waals surface area contributed by atoms with E-state index in [2.05, 4.69) is 36.0 Å². The predicted molar refractivity (Wildman–Crippen MR) is 81.0 cm³/mol. The largest absolute Gasteiger partial charge is 0.355 e. The Morgan fingerprint density at radius 3 is 2.32 bits per heavy atom. The van der Waals surface area contributed by atoms with Crippen molar-refractivity contribution >= 4 is 17.4 Å². The SMILES string of the molecule is CCC1CCC(N(C)c2nnc(Cl)c(C)c2C)CC1. The van der Waals surface area contributed by atoms with Gasteiger partial charge in [-0.25, -0.2) is 0 Å². The summed E-state index contributed by atoms with van der Waals surface area (Å²) >= 11 is 6.02. The van der Waals surface area contributed by atoms with Crippen LogP contribution < -0.4 is 4.90 Å². The smallest absolute Gasteiger partial charge is 0.155 e. The summed E-state index contributed by atoms with van der Waals surface area (Å²) in [5, 5.41) is 8.88. The zero-order valence-electron chi connectivity index (χ0n) is 12.4. The zero-order chi connectivity index (χ0) is 14.0. The van der Waals surface area contributed by atoms with Gasteiger partial charge < -0.3 is 4.90 Å². The molecule has 1 aliphatic carbocycles. The summed E-state index contributed by atoms with van der Waals surface area (Å²) in [6.45, 7) is 6.39. The highest BCUT2D eigenvalue weighted by molar-refractivity contribution is 6.30. The second-order valence-corrected chi connectivity index (χ2v) is 6.12. The van der Waals surface area contributed by atoms with E-state index in [0.29, 0.717) is 11.2 Å². The highest BCUT2D eigenvalue weighted by Crippen LogP contribution is 2.32. The molecule has 4 heteroatoms. The molecule has 0 amide bonds. The van der Waals surface area contributed by atoms with Crippen molar-refractivity contribution in [2.75, 3.05) is 11.9 Å². The minimum atomic E-state index is 0.518. The first kappa shape index (κ1) is 14.6. The van der Waals surface area contributed by atoms with E-state index in [1.807, 2.05) is 6.92 Å². The van der Waals surface area contributed by atoms with E-state index in [9.17, 15) is 0 Å². The summed E-state index contributed by atoms with van der Waals surface area (Å²) in [6.07, 6.45) is 6.51. The summed E-state index contributed by atoms with van der Waals surface area (Å²) in [7, 11) is 2.14. The molecule has 106 valence electrons. The minimum absolute atomic E-state index is 0.518. The number of rotatable bonds is 3. The Morgan fingerprint density at radius 2 is 1.74 bits per heavy atom. The van der Waals surface area contributed by atoms with Gasteiger partial charge in [-0.1, -0.05) is 24.9 Å². The topological polar surface area (TPSA) is 29.0 Å². The third-order valence-electron chi connectivity index (χ3n) is 4.72. The van der Waals surface area contributed by atoms with Gasteiger partial charge in [-0.2, -0.15) is 0 Å². The van der Waals surface area contributed by atoms with Gasteiger partial charge in [0.05, 0.1) is 0 Å². The maximum atomic E-state index is 6.02. The average molecular weight is 282 g/mol. The van der Waals surface area contributed by atoms with E-state index in [0.717, 1.165) is 22.9 Å². The Labute approximate surface area is 121 Å². The molecular formula is C15H24ClN3. The molecule has 3 nitrogen and oxygen atoms in total. The van der Waals surface area contributed by atoms with Gasteiger partial charge in [0.25, 0.3) is 0 Å². The van der Waals surface area contributed by atoms with Crippen LogP contribution in [0.2, 0.25) is 5.15 Å². The molecular weight excluding hydrogens is 258 g/mol. The Bertz CT molecular complexity index is 439. The number of anilines is 1. The van der Waals surface area contributed by atoms with Gasteiger partial charge in [-0.3, -0.25) is 0 Å². The van der Waals surface area contributed by atoms with Crippen LogP contribution in [0, 0.1) is 19.8 Å². The zero-order valence-corrected chi connectivity index (χ0v) is 13.2. The van der Waals surface area contributed by atoms with Crippen LogP contribution in [0.5, 0.6) is 0 Å². The molecule has 0 aliphatic heterocycles. The third-order valence-corrected chi connectivity index (χ3v) is 5.07. The quantitative estimate of drug-likeness (QED) is 0.833. The van der Waals surface area contributed by atoms with Crippen LogP contribution in [0.4, 0.5) is 5.82 Å². The van der Waals surface area contributed by atoms with Gasteiger partial charge in [-0.05, 0) is 56.6 Å². The summed E-state index contributed by atoms with van der Waals surface area (Å²) in [5.41, 5.74) is 2.20. The number of hydrogen-bond donors (Lipinski definition) is 0. The predicted octanol–water partition coefficient (Wildman–Crippen LogP) is 4.15. The second-order valence-electron chi connectivity index (χ2n) is 5.76. The van der Waals surface area contributed by atoms with Crippen molar-refractivity contribution in [3.8, 4) is 0 Å². The maximum absolute atomic E-state index is 6.02. The molecule has 0 radical (unpaired) electrons. The van der Waals surface area contributed by atoms with Crippen molar-refractivity contribution in [2.45, 2.75) is 58.9 Å². The molecule has 0 unspecified atom stereocenters. The lowest BCUT2D eigenvalue weighted by molar-refractivity contribution is 0.312. The molecule has 0 saturated heterocycles. The minimum Gasteiger partial charge on any atom is -0.355 e. The highest BCUT2D eigenvalue weighted by atomic mass is 35.5. The molecule has 0 N–H and O–H groups in total. The van der Waals surface area contributed by atoms with Gasteiger partial charge in [-0.15, -0.1) is 10.2 Å². The van der Waals surface area contributed by atoms with E-state index in [1.165, 1.54) is 32.1 Å². The van der Waals surface area contributed by atoms with Crippen LogP contribution in [0.15, 0.2) is 0 Å². The Hall–Kier alpha value is -0.830. The number of halogens is 1. The lowest BCUT2D eigenvalue weighted by atomic mass is 9.84. The van der Waals surface area contributed by atoms with E-state index in [4.69, 9.17) is 11.6 Å². The summed E-state index contributed by atoms with van der Waals surface area (Å²) < 4.78 is 0. The molecule has 19 heavy (non-hydrogen) atoms. The van der Waals surface area contributed by atoms with E-state index >= 15 is 0 Å². The van der Waals surface area contributed by atoms with Crippen molar-refractivity contribution in [3.63, 3.8) is 0 Å². The standard InChI is InChI=1S/C15H24ClN3/c1-5-12-6-8-13(9-7-12)19(4)15-11(3)10(2)14(16)17-18-15/h12-13H,5-9H2,1-4H3. The highest BCUT2D eigenvalue weighted by Gasteiger charge is 2.25. The third kappa shape index (κ3) is 3.02. The molecule has 1 aromatic rings. The Kier molecular flexibility index (Phi) is 4.67. The first-order chi connectivity index (χ1) is 9.04. The van der Waals surface area contributed by atoms with Crippen LogP contribution in [0.25, 0.3) is 0 Å². The normalized spacial score (nSPS) is 23.4. The first-order valence-corrected chi connectivity index (χ1v) is 7.64. The van der Waals surface area contributed by atoms with Crippen molar-refractivity contribution in [2.24, 2.45) is 5.92 Å². The fraction of sp³-hybridized carbons (Fsp3) is 0.733. The van der Waals surface area contributed by atoms with Crippen LogP contribution >= 0.6 is 11.6 Å². The number of nitrogens with zero attached hydrogens (tertiary/aromatic N) is 3. The molecule has 0 bridgehead atoms. The van der Waals surface area contributed by atoms with Crippen molar-refractivity contribution < 1.29 is 0 Å². The molecule has 1 aromatic heterocycles. The van der Waals surface area contributed by atoms with E-state index < -0.39 is 0 Å². The summed E-state index contributed by atoms with van der Waals surface area (Å²) in [6, 6.07) is 0.594. The van der Waals surface area contributed by atoms with E-state index in [-0.39, 0.29) is 0 Å².